The Morgan fingerprint density at radius 2 is 1.91 bits per heavy atom. The normalized spacial score (nSPS) is 17.1. The first kappa shape index (κ1) is 23.4. The van der Waals surface area contributed by atoms with Crippen LogP contribution in [-0.2, 0) is 16.8 Å². The monoisotopic (exact) mass is 473 g/mol. The maximum absolute atomic E-state index is 12.2. The molecule has 4 rings (SSSR count). The topological polar surface area (TPSA) is 120 Å². The Kier molecular flexibility index (Phi) is 7.11. The number of pyridine rings is 2. The van der Waals surface area contributed by atoms with Gasteiger partial charge in [0.15, 0.2) is 0 Å². The summed E-state index contributed by atoms with van der Waals surface area (Å²) in [5, 5.41) is 2.60. The fraction of sp³-hybridized carbons (Fsp3) is 0.500. The minimum atomic E-state index is -3.61. The van der Waals surface area contributed by atoms with Crippen LogP contribution in [0.2, 0.25) is 0 Å². The molecular weight excluding hydrogens is 442 g/mol. The lowest BCUT2D eigenvalue weighted by molar-refractivity contribution is 0.0958. The molecule has 178 valence electrons. The number of carbonyl (C=O) groups excluding carboxylic acids is 1. The zero-order chi connectivity index (χ0) is 23.4. The largest absolute Gasteiger partial charge is 0.368 e. The van der Waals surface area contributed by atoms with Gasteiger partial charge in [0.25, 0.3) is 16.1 Å². The van der Waals surface area contributed by atoms with Crippen molar-refractivity contribution in [2.45, 2.75) is 26.3 Å². The highest BCUT2D eigenvalue weighted by Gasteiger charge is 2.24. The molecule has 2 aromatic heterocycles. The van der Waals surface area contributed by atoms with Crippen LogP contribution in [0.3, 0.4) is 0 Å². The number of carbonyl (C=O) groups is 1. The predicted octanol–water partition coefficient (Wildman–Crippen LogP) is 1.12. The van der Waals surface area contributed by atoms with Gasteiger partial charge in [-0.1, -0.05) is 0 Å². The summed E-state index contributed by atoms with van der Waals surface area (Å²) in [6.07, 6.45) is 3.80. The van der Waals surface area contributed by atoms with E-state index in [-0.39, 0.29) is 5.91 Å². The summed E-state index contributed by atoms with van der Waals surface area (Å²) in [7, 11) is -2.01. The fourth-order valence-electron chi connectivity index (χ4n) is 3.90. The number of hydrogen-bond acceptors (Lipinski definition) is 7. The molecule has 0 bridgehead atoms. The summed E-state index contributed by atoms with van der Waals surface area (Å²) in [5.41, 5.74) is 3.31. The molecule has 0 radical (unpaired) electrons. The minimum Gasteiger partial charge on any atom is -0.368 e. The van der Waals surface area contributed by atoms with E-state index in [0.717, 1.165) is 56.0 Å². The zero-order valence-electron chi connectivity index (χ0n) is 19.0. The van der Waals surface area contributed by atoms with Crippen LogP contribution in [-0.4, -0.2) is 69.0 Å². The van der Waals surface area contributed by atoms with Crippen LogP contribution in [0, 0.1) is 12.8 Å². The highest BCUT2D eigenvalue weighted by molar-refractivity contribution is 7.90. The molecule has 2 fully saturated rings. The SMILES string of the molecule is CNC(=O)c1ccc(N2CCN(Cc3ccnc(NS(=O)(=O)NCC4CC4)c3)CC2)c(C)n1. The second kappa shape index (κ2) is 10.0. The lowest BCUT2D eigenvalue weighted by atomic mass is 10.2. The van der Waals surface area contributed by atoms with Crippen LogP contribution in [0.25, 0.3) is 0 Å². The molecule has 0 spiro atoms. The van der Waals surface area contributed by atoms with Crippen molar-refractivity contribution in [1.82, 2.24) is 24.9 Å². The predicted molar refractivity (Wildman–Crippen MR) is 127 cm³/mol. The van der Waals surface area contributed by atoms with Gasteiger partial charge in [0.2, 0.25) is 0 Å². The average Bonchev–Trinajstić information content (AvgIpc) is 3.62. The zero-order valence-corrected chi connectivity index (χ0v) is 19.9. The minimum absolute atomic E-state index is 0.188. The molecule has 1 aliphatic heterocycles. The van der Waals surface area contributed by atoms with Crippen molar-refractivity contribution in [2.75, 3.05) is 49.4 Å². The molecule has 0 unspecified atom stereocenters. The van der Waals surface area contributed by atoms with E-state index in [4.69, 9.17) is 0 Å². The summed E-state index contributed by atoms with van der Waals surface area (Å²) in [5.74, 6) is 0.604. The number of nitrogens with one attached hydrogen (secondary N) is 3. The number of amides is 1. The third-order valence-corrected chi connectivity index (χ3v) is 6.98. The summed E-state index contributed by atoms with van der Waals surface area (Å²) in [6.45, 7) is 6.53. The van der Waals surface area contributed by atoms with Gasteiger partial charge in [-0.2, -0.15) is 13.1 Å². The van der Waals surface area contributed by atoms with Gasteiger partial charge in [0.05, 0.1) is 11.4 Å². The van der Waals surface area contributed by atoms with Crippen LogP contribution >= 0.6 is 0 Å². The number of nitrogens with zero attached hydrogens (tertiary/aromatic N) is 4. The molecule has 33 heavy (non-hydrogen) atoms. The van der Waals surface area contributed by atoms with Crippen molar-refractivity contribution in [2.24, 2.45) is 5.92 Å². The molecule has 10 nitrogen and oxygen atoms in total. The number of rotatable bonds is 9. The summed E-state index contributed by atoms with van der Waals surface area (Å²) in [4.78, 5) is 25.0. The van der Waals surface area contributed by atoms with Gasteiger partial charge in [-0.15, -0.1) is 0 Å². The maximum Gasteiger partial charge on any atom is 0.300 e. The van der Waals surface area contributed by atoms with Crippen LogP contribution in [0.4, 0.5) is 11.5 Å². The van der Waals surface area contributed by atoms with Gasteiger partial charge < -0.3 is 10.2 Å². The third kappa shape index (κ3) is 6.40. The van der Waals surface area contributed by atoms with Crippen molar-refractivity contribution in [3.8, 4) is 0 Å². The molecule has 3 heterocycles. The van der Waals surface area contributed by atoms with E-state index in [1.54, 1.807) is 25.4 Å². The van der Waals surface area contributed by atoms with Crippen LogP contribution in [0.15, 0.2) is 30.5 Å². The molecule has 2 aromatic rings. The van der Waals surface area contributed by atoms with Crippen molar-refractivity contribution in [3.05, 3.63) is 47.4 Å². The van der Waals surface area contributed by atoms with E-state index >= 15 is 0 Å². The van der Waals surface area contributed by atoms with Crippen molar-refractivity contribution in [3.63, 3.8) is 0 Å². The molecule has 1 saturated heterocycles. The molecule has 1 aliphatic carbocycles. The smallest absolute Gasteiger partial charge is 0.300 e. The van der Waals surface area contributed by atoms with Crippen molar-refractivity contribution < 1.29 is 13.2 Å². The first-order valence-corrected chi connectivity index (χ1v) is 12.7. The lowest BCUT2D eigenvalue weighted by Crippen LogP contribution is -2.46. The standard InChI is InChI=1S/C22H31N7O3S/c1-16-20(6-5-19(26-16)22(30)23-2)29-11-9-28(10-12-29)15-18-7-8-24-21(13-18)27-33(31,32)25-14-17-3-4-17/h5-8,13,17,25H,3-4,9-12,14-15H2,1-2H3,(H,23,30)(H,24,27). The highest BCUT2D eigenvalue weighted by atomic mass is 32.2. The Morgan fingerprint density at radius 1 is 1.15 bits per heavy atom. The molecule has 11 heteroatoms. The molecule has 3 N–H and O–H groups in total. The number of piperazine rings is 1. The van der Waals surface area contributed by atoms with E-state index in [2.05, 4.69) is 34.5 Å². The van der Waals surface area contributed by atoms with Gasteiger partial charge in [-0.25, -0.2) is 9.97 Å². The van der Waals surface area contributed by atoms with E-state index in [1.807, 2.05) is 19.1 Å². The number of hydrogen-bond donors (Lipinski definition) is 3. The molecule has 0 atom stereocenters. The Labute approximate surface area is 195 Å². The van der Waals surface area contributed by atoms with Crippen molar-refractivity contribution >= 4 is 27.6 Å². The second-order valence-electron chi connectivity index (χ2n) is 8.59. The Balaban J connectivity index is 1.31. The van der Waals surface area contributed by atoms with Crippen molar-refractivity contribution in [1.29, 1.82) is 0 Å². The third-order valence-electron chi connectivity index (χ3n) is 5.96. The van der Waals surface area contributed by atoms with Crippen LogP contribution in [0.5, 0.6) is 0 Å². The van der Waals surface area contributed by atoms with Gasteiger partial charge in [-0.05, 0) is 55.5 Å². The number of anilines is 2. The first-order valence-electron chi connectivity index (χ1n) is 11.2. The molecule has 2 aliphatic rings. The molecule has 1 saturated carbocycles. The van der Waals surface area contributed by atoms with Gasteiger partial charge in [0, 0.05) is 52.5 Å². The van der Waals surface area contributed by atoms with Gasteiger partial charge in [0.1, 0.15) is 11.5 Å². The average molecular weight is 474 g/mol. The maximum atomic E-state index is 12.2. The molecule has 1 amide bonds. The highest BCUT2D eigenvalue weighted by Crippen LogP contribution is 2.27. The summed E-state index contributed by atoms with van der Waals surface area (Å²) in [6, 6.07) is 7.41. The van der Waals surface area contributed by atoms with E-state index in [1.165, 1.54) is 0 Å². The second-order valence-corrected chi connectivity index (χ2v) is 10.1. The summed E-state index contributed by atoms with van der Waals surface area (Å²) >= 11 is 0. The van der Waals surface area contributed by atoms with E-state index in [9.17, 15) is 13.2 Å². The van der Waals surface area contributed by atoms with Gasteiger partial charge >= 0.3 is 0 Å². The fourth-order valence-corrected chi connectivity index (χ4v) is 4.81. The van der Waals surface area contributed by atoms with E-state index < -0.39 is 10.2 Å². The Morgan fingerprint density at radius 3 is 2.58 bits per heavy atom. The lowest BCUT2D eigenvalue weighted by Gasteiger charge is -2.36. The first-order chi connectivity index (χ1) is 15.8. The number of aromatic nitrogens is 2. The number of aryl methyl sites for hydroxylation is 1. The van der Waals surface area contributed by atoms with Gasteiger partial charge in [-0.3, -0.25) is 14.4 Å². The summed E-state index contributed by atoms with van der Waals surface area (Å²) < 4.78 is 29.5. The quantitative estimate of drug-likeness (QED) is 0.499. The van der Waals surface area contributed by atoms with E-state index in [0.29, 0.717) is 30.5 Å². The molecular formula is C22H31N7O3S. The van der Waals surface area contributed by atoms with Crippen LogP contribution in [0.1, 0.15) is 34.6 Å². The van der Waals surface area contributed by atoms with Crippen LogP contribution < -0.4 is 19.7 Å². The molecule has 0 aromatic carbocycles. The Hall–Kier alpha value is -2.76. The Bertz CT molecular complexity index is 1100.